The Morgan fingerprint density at radius 3 is 2.94 bits per heavy atom. The van der Waals surface area contributed by atoms with Gasteiger partial charge in [-0.05, 0) is 33.2 Å². The number of aryl methyl sites for hydroxylation is 1. The van der Waals surface area contributed by atoms with Crippen LogP contribution in [0.1, 0.15) is 43.5 Å². The molecule has 0 bridgehead atoms. The van der Waals surface area contributed by atoms with Crippen LogP contribution in [0.15, 0.2) is 6.20 Å². The van der Waals surface area contributed by atoms with Gasteiger partial charge < -0.3 is 10.6 Å². The molecule has 1 aliphatic heterocycles. The number of rotatable bonds is 3. The summed E-state index contributed by atoms with van der Waals surface area (Å²) in [7, 11) is 1.91. The van der Waals surface area contributed by atoms with Gasteiger partial charge in [-0.1, -0.05) is 6.42 Å². The number of hydrogen-bond acceptors (Lipinski definition) is 3. The number of nitrogens with one attached hydrogen (secondary N) is 2. The van der Waals surface area contributed by atoms with E-state index in [9.17, 15) is 4.79 Å². The van der Waals surface area contributed by atoms with Crippen molar-refractivity contribution in [1.29, 1.82) is 0 Å². The van der Waals surface area contributed by atoms with E-state index in [4.69, 9.17) is 0 Å². The fourth-order valence-corrected chi connectivity index (χ4v) is 2.41. The lowest BCUT2D eigenvalue weighted by Crippen LogP contribution is -2.47. The Labute approximate surface area is 108 Å². The number of carbonyl (C=O) groups is 1. The quantitative estimate of drug-likeness (QED) is 0.843. The van der Waals surface area contributed by atoms with Crippen LogP contribution in [0.3, 0.4) is 0 Å². The second-order valence-corrected chi connectivity index (χ2v) is 5.04. The Hall–Kier alpha value is -1.36. The van der Waals surface area contributed by atoms with Crippen LogP contribution in [0, 0.1) is 6.92 Å². The van der Waals surface area contributed by atoms with Crippen LogP contribution in [0.5, 0.6) is 0 Å². The van der Waals surface area contributed by atoms with Crippen LogP contribution < -0.4 is 10.6 Å². The molecule has 1 aliphatic rings. The molecule has 2 rings (SSSR count). The fourth-order valence-electron chi connectivity index (χ4n) is 2.41. The lowest BCUT2D eigenvalue weighted by Gasteiger charge is -2.24. The summed E-state index contributed by atoms with van der Waals surface area (Å²) >= 11 is 0. The molecule has 0 radical (unpaired) electrons. The molecule has 5 nitrogen and oxygen atoms in total. The minimum Gasteiger partial charge on any atom is -0.348 e. The van der Waals surface area contributed by atoms with Crippen molar-refractivity contribution in [3.05, 3.63) is 17.5 Å². The molecule has 1 aromatic rings. The summed E-state index contributed by atoms with van der Waals surface area (Å²) < 4.78 is 1.83. The van der Waals surface area contributed by atoms with Crippen molar-refractivity contribution in [3.8, 4) is 0 Å². The SMILES string of the molecule is Cc1c(C(C)NC(=O)[C@H]2CCCCN2)cnn1C. The summed E-state index contributed by atoms with van der Waals surface area (Å²) in [6.07, 6.45) is 5.06. The minimum absolute atomic E-state index is 0.00919. The van der Waals surface area contributed by atoms with Crippen LogP contribution in [0.25, 0.3) is 0 Å². The van der Waals surface area contributed by atoms with Gasteiger partial charge in [-0.15, -0.1) is 0 Å². The second-order valence-electron chi connectivity index (χ2n) is 5.04. The Balaban J connectivity index is 1.96. The van der Waals surface area contributed by atoms with Gasteiger partial charge in [0.05, 0.1) is 18.3 Å². The number of piperidine rings is 1. The zero-order chi connectivity index (χ0) is 13.1. The highest BCUT2D eigenvalue weighted by atomic mass is 16.2. The summed E-state index contributed by atoms with van der Waals surface area (Å²) in [6, 6.07) is -0.0203. The van der Waals surface area contributed by atoms with Crippen LogP contribution >= 0.6 is 0 Å². The van der Waals surface area contributed by atoms with Gasteiger partial charge in [-0.25, -0.2) is 0 Å². The Morgan fingerprint density at radius 2 is 2.39 bits per heavy atom. The number of aromatic nitrogens is 2. The summed E-state index contributed by atoms with van der Waals surface area (Å²) in [5.74, 6) is 0.102. The van der Waals surface area contributed by atoms with Crippen LogP contribution in [0.2, 0.25) is 0 Å². The van der Waals surface area contributed by atoms with Gasteiger partial charge in [-0.2, -0.15) is 5.10 Å². The van der Waals surface area contributed by atoms with E-state index in [1.807, 2.05) is 31.8 Å². The summed E-state index contributed by atoms with van der Waals surface area (Å²) in [6.45, 7) is 4.97. The minimum atomic E-state index is -0.0295. The summed E-state index contributed by atoms with van der Waals surface area (Å²) in [4.78, 5) is 12.1. The van der Waals surface area contributed by atoms with E-state index in [0.29, 0.717) is 0 Å². The number of hydrogen-bond donors (Lipinski definition) is 2. The van der Waals surface area contributed by atoms with Crippen molar-refractivity contribution < 1.29 is 4.79 Å². The predicted octanol–water partition coefficient (Wildman–Crippen LogP) is 1.05. The summed E-state index contributed by atoms with van der Waals surface area (Å²) in [5.41, 5.74) is 2.18. The van der Waals surface area contributed by atoms with E-state index in [0.717, 1.165) is 30.6 Å². The van der Waals surface area contributed by atoms with Gasteiger partial charge in [0, 0.05) is 18.3 Å². The highest BCUT2D eigenvalue weighted by Gasteiger charge is 2.23. The number of carbonyl (C=O) groups excluding carboxylic acids is 1. The van der Waals surface area contributed by atoms with E-state index >= 15 is 0 Å². The average Bonchev–Trinajstić information content (AvgIpc) is 2.71. The smallest absolute Gasteiger partial charge is 0.237 e. The standard InChI is InChI=1S/C13H22N4O/c1-9(11-8-15-17(3)10(11)2)16-13(18)12-6-4-5-7-14-12/h8-9,12,14H,4-7H2,1-3H3,(H,16,18)/t9?,12-/m1/s1. The highest BCUT2D eigenvalue weighted by Crippen LogP contribution is 2.16. The van der Waals surface area contributed by atoms with Crippen molar-refractivity contribution in [1.82, 2.24) is 20.4 Å². The molecular formula is C13H22N4O. The molecule has 0 spiro atoms. The maximum atomic E-state index is 12.1. The first kappa shape index (κ1) is 13.1. The van der Waals surface area contributed by atoms with Crippen molar-refractivity contribution in [2.24, 2.45) is 7.05 Å². The highest BCUT2D eigenvalue weighted by molar-refractivity contribution is 5.82. The molecule has 1 saturated heterocycles. The maximum absolute atomic E-state index is 12.1. The van der Waals surface area contributed by atoms with Gasteiger partial charge in [-0.3, -0.25) is 9.48 Å². The fraction of sp³-hybridized carbons (Fsp3) is 0.692. The van der Waals surface area contributed by atoms with E-state index in [2.05, 4.69) is 15.7 Å². The molecule has 5 heteroatoms. The largest absolute Gasteiger partial charge is 0.348 e. The molecule has 1 aromatic heterocycles. The molecule has 18 heavy (non-hydrogen) atoms. The first-order valence-corrected chi connectivity index (χ1v) is 6.62. The summed E-state index contributed by atoms with van der Waals surface area (Å²) in [5, 5.41) is 10.5. The van der Waals surface area contributed by atoms with E-state index in [-0.39, 0.29) is 18.0 Å². The molecule has 1 unspecified atom stereocenters. The Morgan fingerprint density at radius 1 is 1.61 bits per heavy atom. The molecule has 100 valence electrons. The Kier molecular flexibility index (Phi) is 4.01. The molecule has 2 N–H and O–H groups in total. The normalized spacial score (nSPS) is 21.6. The van der Waals surface area contributed by atoms with Gasteiger partial charge >= 0.3 is 0 Å². The molecule has 2 heterocycles. The predicted molar refractivity (Wildman–Crippen MR) is 70.1 cm³/mol. The molecule has 0 aromatic carbocycles. The molecule has 0 aliphatic carbocycles. The molecule has 0 saturated carbocycles. The van der Waals surface area contributed by atoms with Crippen molar-refractivity contribution in [2.45, 2.75) is 45.2 Å². The van der Waals surface area contributed by atoms with Crippen LogP contribution in [-0.4, -0.2) is 28.3 Å². The van der Waals surface area contributed by atoms with Crippen molar-refractivity contribution in [2.75, 3.05) is 6.54 Å². The Bertz CT molecular complexity index is 421. The van der Waals surface area contributed by atoms with Gasteiger partial charge in [0.1, 0.15) is 0 Å². The van der Waals surface area contributed by atoms with Crippen LogP contribution in [0.4, 0.5) is 0 Å². The lowest BCUT2D eigenvalue weighted by atomic mass is 10.0. The third kappa shape index (κ3) is 2.72. The zero-order valence-corrected chi connectivity index (χ0v) is 11.4. The lowest BCUT2D eigenvalue weighted by molar-refractivity contribution is -0.124. The number of nitrogens with zero attached hydrogens (tertiary/aromatic N) is 2. The monoisotopic (exact) mass is 250 g/mol. The third-order valence-electron chi connectivity index (χ3n) is 3.73. The molecule has 1 fully saturated rings. The van der Waals surface area contributed by atoms with Crippen LogP contribution in [-0.2, 0) is 11.8 Å². The first-order valence-electron chi connectivity index (χ1n) is 6.62. The van der Waals surface area contributed by atoms with Gasteiger partial charge in [0.15, 0.2) is 0 Å². The van der Waals surface area contributed by atoms with Crippen molar-refractivity contribution in [3.63, 3.8) is 0 Å². The maximum Gasteiger partial charge on any atom is 0.237 e. The van der Waals surface area contributed by atoms with E-state index < -0.39 is 0 Å². The first-order chi connectivity index (χ1) is 8.59. The van der Waals surface area contributed by atoms with Gasteiger partial charge in [0.2, 0.25) is 5.91 Å². The van der Waals surface area contributed by atoms with E-state index in [1.54, 1.807) is 0 Å². The zero-order valence-electron chi connectivity index (χ0n) is 11.4. The van der Waals surface area contributed by atoms with Gasteiger partial charge in [0.25, 0.3) is 0 Å². The number of amides is 1. The van der Waals surface area contributed by atoms with E-state index in [1.165, 1.54) is 6.42 Å². The molecular weight excluding hydrogens is 228 g/mol. The third-order valence-corrected chi connectivity index (χ3v) is 3.73. The molecule has 2 atom stereocenters. The topological polar surface area (TPSA) is 59.0 Å². The van der Waals surface area contributed by atoms with Crippen molar-refractivity contribution >= 4 is 5.91 Å². The second kappa shape index (κ2) is 5.52. The molecule has 1 amide bonds. The average molecular weight is 250 g/mol.